The van der Waals surface area contributed by atoms with E-state index >= 15 is 0 Å². The molecule has 0 saturated heterocycles. The van der Waals surface area contributed by atoms with Gasteiger partial charge in [0.25, 0.3) is 0 Å². The monoisotopic (exact) mass is 341 g/mol. The number of hydrogen-bond acceptors (Lipinski definition) is 2. The third-order valence-electron chi connectivity index (χ3n) is 4.14. The van der Waals surface area contributed by atoms with Crippen LogP contribution in [-0.4, -0.2) is 36.1 Å². The summed E-state index contributed by atoms with van der Waals surface area (Å²) in [4.78, 5) is 6.59. The zero-order chi connectivity index (χ0) is 16.8. The minimum atomic E-state index is -0.872. The lowest BCUT2D eigenvalue weighted by molar-refractivity contribution is 0.681. The highest BCUT2D eigenvalue weighted by molar-refractivity contribution is 7.84. The third kappa shape index (κ3) is 4.03. The van der Waals surface area contributed by atoms with E-state index in [1.54, 1.807) is 7.05 Å². The summed E-state index contributed by atoms with van der Waals surface area (Å²) in [5, 5.41) is 3.35. The van der Waals surface area contributed by atoms with E-state index in [1.807, 2.05) is 30.3 Å². The molecule has 2 aromatic carbocycles. The molecule has 0 amide bonds. The zero-order valence-corrected chi connectivity index (χ0v) is 14.8. The van der Waals surface area contributed by atoms with E-state index in [4.69, 9.17) is 0 Å². The van der Waals surface area contributed by atoms with Crippen LogP contribution in [0.3, 0.4) is 0 Å². The molecular weight excluding hydrogens is 318 g/mol. The maximum absolute atomic E-state index is 12.2. The number of benzene rings is 2. The van der Waals surface area contributed by atoms with Gasteiger partial charge in [0.1, 0.15) is 0 Å². The Morgan fingerprint density at radius 3 is 2.71 bits per heavy atom. The molecule has 4 nitrogen and oxygen atoms in total. The van der Waals surface area contributed by atoms with Crippen molar-refractivity contribution in [3.63, 3.8) is 0 Å². The zero-order valence-electron chi connectivity index (χ0n) is 13.9. The van der Waals surface area contributed by atoms with Crippen molar-refractivity contribution in [1.29, 1.82) is 0 Å². The van der Waals surface area contributed by atoms with Crippen LogP contribution < -0.4 is 10.2 Å². The van der Waals surface area contributed by atoms with Crippen LogP contribution in [0.25, 0.3) is 0 Å². The maximum atomic E-state index is 12.2. The number of nitrogens with one attached hydrogen (secondary N) is 1. The standard InChI is InChI=1S/C19H23N3OS/c1-20-19(22-13-11-17-9-5-6-10-18(17)22)21-12-14-24(23)15-16-7-3-2-4-8-16/h2-10H,11-15H2,1H3,(H,20,21). The van der Waals surface area contributed by atoms with E-state index in [2.05, 4.69) is 39.5 Å². The van der Waals surface area contributed by atoms with Crippen LogP contribution in [0.4, 0.5) is 5.69 Å². The quantitative estimate of drug-likeness (QED) is 0.671. The lowest BCUT2D eigenvalue weighted by atomic mass is 10.2. The summed E-state index contributed by atoms with van der Waals surface area (Å²) in [6.45, 7) is 1.59. The molecule has 0 aliphatic carbocycles. The summed E-state index contributed by atoms with van der Waals surface area (Å²) < 4.78 is 12.2. The Bertz CT molecular complexity index is 730. The van der Waals surface area contributed by atoms with E-state index in [-0.39, 0.29) is 0 Å². The Kier molecular flexibility index (Phi) is 5.64. The Morgan fingerprint density at radius 1 is 1.17 bits per heavy atom. The van der Waals surface area contributed by atoms with Gasteiger partial charge in [-0.05, 0) is 23.6 Å². The van der Waals surface area contributed by atoms with Gasteiger partial charge < -0.3 is 10.2 Å². The predicted octanol–water partition coefficient (Wildman–Crippen LogP) is 2.57. The van der Waals surface area contributed by atoms with Crippen molar-refractivity contribution in [1.82, 2.24) is 5.32 Å². The van der Waals surface area contributed by atoms with E-state index in [9.17, 15) is 4.21 Å². The Hall–Kier alpha value is -2.14. The van der Waals surface area contributed by atoms with Crippen LogP contribution in [0.1, 0.15) is 11.1 Å². The molecule has 126 valence electrons. The van der Waals surface area contributed by atoms with Gasteiger partial charge in [0.2, 0.25) is 0 Å². The van der Waals surface area contributed by atoms with Crippen LogP contribution >= 0.6 is 0 Å². The Morgan fingerprint density at radius 2 is 1.92 bits per heavy atom. The molecule has 3 rings (SSSR count). The molecule has 1 aliphatic heterocycles. The van der Waals surface area contributed by atoms with Gasteiger partial charge in [-0.15, -0.1) is 0 Å². The molecule has 1 aliphatic rings. The number of guanidine groups is 1. The van der Waals surface area contributed by atoms with Crippen molar-refractivity contribution in [3.8, 4) is 0 Å². The largest absolute Gasteiger partial charge is 0.355 e. The first kappa shape index (κ1) is 16.7. The van der Waals surface area contributed by atoms with E-state index in [0.717, 1.165) is 24.5 Å². The van der Waals surface area contributed by atoms with Gasteiger partial charge in [-0.3, -0.25) is 9.20 Å². The van der Waals surface area contributed by atoms with Crippen molar-refractivity contribution >= 4 is 22.4 Å². The SMILES string of the molecule is CN=C(NCCS(=O)Cc1ccccc1)N1CCc2ccccc21. The van der Waals surface area contributed by atoms with Crippen LogP contribution in [0.5, 0.6) is 0 Å². The number of nitrogens with zero attached hydrogens (tertiary/aromatic N) is 2. The first-order valence-electron chi connectivity index (χ1n) is 8.23. The van der Waals surface area contributed by atoms with Crippen molar-refractivity contribution in [2.75, 3.05) is 30.8 Å². The van der Waals surface area contributed by atoms with Crippen LogP contribution in [0, 0.1) is 0 Å². The highest BCUT2D eigenvalue weighted by atomic mass is 32.2. The van der Waals surface area contributed by atoms with E-state index in [0.29, 0.717) is 18.1 Å². The molecule has 5 heteroatoms. The molecule has 0 radical (unpaired) electrons. The molecule has 0 aromatic heterocycles. The minimum absolute atomic E-state index is 0.605. The number of hydrogen-bond donors (Lipinski definition) is 1. The summed E-state index contributed by atoms with van der Waals surface area (Å²) in [5.41, 5.74) is 3.69. The highest BCUT2D eigenvalue weighted by Gasteiger charge is 2.22. The Balaban J connectivity index is 1.51. The molecule has 1 heterocycles. The second-order valence-electron chi connectivity index (χ2n) is 5.78. The number of anilines is 1. The second kappa shape index (κ2) is 8.11. The topological polar surface area (TPSA) is 44.7 Å². The fraction of sp³-hybridized carbons (Fsp3) is 0.316. The van der Waals surface area contributed by atoms with Crippen LogP contribution in [0.15, 0.2) is 59.6 Å². The van der Waals surface area contributed by atoms with E-state index < -0.39 is 10.8 Å². The average molecular weight is 341 g/mol. The number of rotatable bonds is 5. The lowest BCUT2D eigenvalue weighted by Crippen LogP contribution is -2.42. The fourth-order valence-corrected chi connectivity index (χ4v) is 4.00. The molecule has 1 unspecified atom stereocenters. The normalized spacial score (nSPS) is 15.2. The molecule has 0 fully saturated rings. The molecule has 1 atom stereocenters. The molecule has 24 heavy (non-hydrogen) atoms. The molecule has 0 spiro atoms. The van der Waals surface area contributed by atoms with E-state index in [1.165, 1.54) is 11.3 Å². The average Bonchev–Trinajstić information content (AvgIpc) is 3.04. The highest BCUT2D eigenvalue weighted by Crippen LogP contribution is 2.27. The molecular formula is C19H23N3OS. The summed E-state index contributed by atoms with van der Waals surface area (Å²) in [5.74, 6) is 2.08. The summed E-state index contributed by atoms with van der Waals surface area (Å²) in [6, 6.07) is 18.4. The van der Waals surface area contributed by atoms with Crippen molar-refractivity contribution in [3.05, 3.63) is 65.7 Å². The minimum Gasteiger partial charge on any atom is -0.355 e. The molecule has 0 saturated carbocycles. The summed E-state index contributed by atoms with van der Waals surface area (Å²) in [6.07, 6.45) is 1.04. The van der Waals surface area contributed by atoms with Crippen molar-refractivity contribution < 1.29 is 4.21 Å². The maximum Gasteiger partial charge on any atom is 0.198 e. The predicted molar refractivity (Wildman–Crippen MR) is 102 cm³/mol. The van der Waals surface area contributed by atoms with Gasteiger partial charge in [-0.1, -0.05) is 48.5 Å². The number of para-hydroxylation sites is 1. The van der Waals surface area contributed by atoms with Gasteiger partial charge in [0.15, 0.2) is 5.96 Å². The van der Waals surface area contributed by atoms with Gasteiger partial charge in [-0.25, -0.2) is 0 Å². The van der Waals surface area contributed by atoms with Gasteiger partial charge in [0, 0.05) is 48.1 Å². The molecule has 1 N–H and O–H groups in total. The van der Waals surface area contributed by atoms with Crippen LogP contribution in [-0.2, 0) is 23.0 Å². The third-order valence-corrected chi connectivity index (χ3v) is 5.45. The van der Waals surface area contributed by atoms with Crippen molar-refractivity contribution in [2.24, 2.45) is 4.99 Å². The smallest absolute Gasteiger partial charge is 0.198 e. The number of aliphatic imine (C=N–C) groups is 1. The van der Waals surface area contributed by atoms with Gasteiger partial charge >= 0.3 is 0 Å². The first-order chi connectivity index (χ1) is 11.8. The van der Waals surface area contributed by atoms with Gasteiger partial charge in [0.05, 0.1) is 0 Å². The molecule has 2 aromatic rings. The summed E-state index contributed by atoms with van der Waals surface area (Å²) in [7, 11) is 0.924. The van der Waals surface area contributed by atoms with Crippen molar-refractivity contribution in [2.45, 2.75) is 12.2 Å². The Labute approximate surface area is 146 Å². The van der Waals surface area contributed by atoms with Gasteiger partial charge in [-0.2, -0.15) is 0 Å². The number of fused-ring (bicyclic) bond motifs is 1. The summed E-state index contributed by atoms with van der Waals surface area (Å²) >= 11 is 0. The lowest BCUT2D eigenvalue weighted by Gasteiger charge is -2.22. The molecule has 0 bridgehead atoms. The first-order valence-corrected chi connectivity index (χ1v) is 9.72. The fourth-order valence-electron chi connectivity index (χ4n) is 2.96. The second-order valence-corrected chi connectivity index (χ2v) is 7.35. The van der Waals surface area contributed by atoms with Crippen LogP contribution in [0.2, 0.25) is 0 Å².